The van der Waals surface area contributed by atoms with E-state index in [0.29, 0.717) is 27.3 Å². The van der Waals surface area contributed by atoms with E-state index in [2.05, 4.69) is 15.5 Å². The molecule has 2 heterocycles. The number of benzene rings is 1. The fourth-order valence-corrected chi connectivity index (χ4v) is 4.08. The molecule has 0 bridgehead atoms. The van der Waals surface area contributed by atoms with Crippen molar-refractivity contribution in [3.05, 3.63) is 51.5 Å². The van der Waals surface area contributed by atoms with E-state index < -0.39 is 11.9 Å². The fourth-order valence-electron chi connectivity index (χ4n) is 3.00. The number of hydrogen-bond acceptors (Lipinski definition) is 7. The van der Waals surface area contributed by atoms with Crippen LogP contribution in [0.4, 0.5) is 5.00 Å². The molecule has 30 heavy (non-hydrogen) atoms. The third-order valence-electron chi connectivity index (χ3n) is 4.51. The van der Waals surface area contributed by atoms with Crippen LogP contribution in [-0.4, -0.2) is 39.6 Å². The van der Waals surface area contributed by atoms with Crippen LogP contribution in [0.2, 0.25) is 0 Å². The van der Waals surface area contributed by atoms with Crippen molar-refractivity contribution in [2.75, 3.05) is 11.9 Å². The Morgan fingerprint density at radius 2 is 2.00 bits per heavy atom. The van der Waals surface area contributed by atoms with Crippen molar-refractivity contribution in [1.82, 2.24) is 10.2 Å². The summed E-state index contributed by atoms with van der Waals surface area (Å²) in [7, 11) is 0. The predicted octanol–water partition coefficient (Wildman–Crippen LogP) is 4.09. The van der Waals surface area contributed by atoms with Gasteiger partial charge in [-0.15, -0.1) is 11.3 Å². The van der Waals surface area contributed by atoms with Crippen molar-refractivity contribution in [3.63, 3.8) is 0 Å². The van der Waals surface area contributed by atoms with Crippen LogP contribution in [0.5, 0.6) is 5.75 Å². The van der Waals surface area contributed by atoms with Crippen LogP contribution in [0.15, 0.2) is 24.3 Å². The summed E-state index contributed by atoms with van der Waals surface area (Å²) in [4.78, 5) is 37.4. The highest BCUT2D eigenvalue weighted by atomic mass is 32.1. The van der Waals surface area contributed by atoms with Crippen LogP contribution in [0.1, 0.15) is 55.5 Å². The van der Waals surface area contributed by atoms with Gasteiger partial charge >= 0.3 is 5.97 Å². The van der Waals surface area contributed by atoms with Gasteiger partial charge < -0.3 is 15.2 Å². The molecule has 1 aromatic carbocycles. The number of para-hydroxylation sites is 1. The first kappa shape index (κ1) is 21.3. The van der Waals surface area contributed by atoms with Crippen molar-refractivity contribution in [2.45, 2.75) is 27.7 Å². The lowest BCUT2D eigenvalue weighted by Crippen LogP contribution is -2.15. The summed E-state index contributed by atoms with van der Waals surface area (Å²) in [6, 6.07) is 6.74. The molecule has 0 spiro atoms. The van der Waals surface area contributed by atoms with Crippen LogP contribution in [-0.2, 0) is 4.74 Å². The zero-order valence-electron chi connectivity index (χ0n) is 17.0. The number of H-pyrrole nitrogens is 1. The molecule has 9 heteroatoms. The van der Waals surface area contributed by atoms with Gasteiger partial charge in [0.05, 0.1) is 22.7 Å². The standard InChI is InChI=1S/C21H21N3O5S/c1-5-29-21(28)16-11(3)18(12(4)25)30-20(16)22-19(27)15-9-14(23-24-15)13-8-6-7-10(2)17(13)26/h6-9,26H,5H2,1-4H3,(H,22,27)(H,23,24). The van der Waals surface area contributed by atoms with Gasteiger partial charge in [0.2, 0.25) is 0 Å². The first-order chi connectivity index (χ1) is 14.2. The quantitative estimate of drug-likeness (QED) is 0.402. The number of aromatic amines is 1. The van der Waals surface area contributed by atoms with Crippen LogP contribution in [0.3, 0.4) is 0 Å². The van der Waals surface area contributed by atoms with Gasteiger partial charge in [0.1, 0.15) is 16.4 Å². The molecule has 2 aromatic heterocycles. The average molecular weight is 427 g/mol. The van der Waals surface area contributed by atoms with Gasteiger partial charge in [-0.3, -0.25) is 14.7 Å². The number of nitrogens with zero attached hydrogens (tertiary/aromatic N) is 1. The second kappa shape index (κ2) is 8.50. The van der Waals surface area contributed by atoms with Gasteiger partial charge in [-0.1, -0.05) is 12.1 Å². The highest BCUT2D eigenvalue weighted by Crippen LogP contribution is 2.35. The third kappa shape index (κ3) is 3.97. The first-order valence-electron chi connectivity index (χ1n) is 9.21. The minimum Gasteiger partial charge on any atom is -0.507 e. The van der Waals surface area contributed by atoms with Crippen LogP contribution in [0.25, 0.3) is 11.3 Å². The van der Waals surface area contributed by atoms with E-state index >= 15 is 0 Å². The molecule has 0 saturated heterocycles. The number of hydrogen-bond donors (Lipinski definition) is 3. The molecule has 0 aliphatic rings. The van der Waals surface area contributed by atoms with Crippen LogP contribution >= 0.6 is 11.3 Å². The number of aryl methyl sites for hydroxylation is 1. The Balaban J connectivity index is 1.92. The minimum atomic E-state index is -0.607. The van der Waals surface area contributed by atoms with Crippen LogP contribution < -0.4 is 5.32 Å². The molecular formula is C21H21N3O5S. The molecule has 3 aromatic rings. The summed E-state index contributed by atoms with van der Waals surface area (Å²) >= 11 is 1.02. The number of ether oxygens (including phenoxy) is 1. The number of aromatic hydroxyl groups is 1. The van der Waals surface area contributed by atoms with E-state index in [1.165, 1.54) is 13.0 Å². The molecule has 3 N–H and O–H groups in total. The molecule has 3 rings (SSSR count). The number of carbonyl (C=O) groups excluding carboxylic acids is 3. The molecule has 0 radical (unpaired) electrons. The van der Waals surface area contributed by atoms with Crippen molar-refractivity contribution in [1.29, 1.82) is 0 Å². The summed E-state index contributed by atoms with van der Waals surface area (Å²) < 4.78 is 5.07. The van der Waals surface area contributed by atoms with Gasteiger partial charge in [-0.25, -0.2) is 4.79 Å². The minimum absolute atomic E-state index is 0.0838. The Morgan fingerprint density at radius 3 is 2.67 bits per heavy atom. The number of thiophene rings is 1. The largest absolute Gasteiger partial charge is 0.507 e. The number of phenols is 1. The number of rotatable bonds is 6. The van der Waals surface area contributed by atoms with Gasteiger partial charge in [0, 0.05) is 5.56 Å². The second-order valence-electron chi connectivity index (χ2n) is 6.63. The number of esters is 1. The van der Waals surface area contributed by atoms with E-state index in [0.717, 1.165) is 11.3 Å². The average Bonchev–Trinajstić information content (AvgIpc) is 3.29. The summed E-state index contributed by atoms with van der Waals surface area (Å²) in [6.45, 7) is 6.65. The van der Waals surface area contributed by atoms with Gasteiger partial charge in [-0.2, -0.15) is 5.10 Å². The lowest BCUT2D eigenvalue weighted by atomic mass is 10.1. The number of Topliss-reactive ketones (excluding diaryl/α,β-unsaturated/α-hetero) is 1. The smallest absolute Gasteiger partial charge is 0.341 e. The molecule has 0 aliphatic heterocycles. The number of aromatic nitrogens is 2. The Hall–Kier alpha value is -3.46. The predicted molar refractivity (Wildman–Crippen MR) is 113 cm³/mol. The van der Waals surface area contributed by atoms with Crippen LogP contribution in [0, 0.1) is 13.8 Å². The molecule has 156 valence electrons. The number of nitrogens with one attached hydrogen (secondary N) is 2. The van der Waals surface area contributed by atoms with E-state index in [1.54, 1.807) is 39.0 Å². The maximum atomic E-state index is 12.8. The van der Waals surface area contributed by atoms with Gasteiger partial charge in [0.25, 0.3) is 5.91 Å². The summed E-state index contributed by atoms with van der Waals surface area (Å²) in [6.07, 6.45) is 0. The number of ketones is 1. The zero-order chi connectivity index (χ0) is 22.0. The Labute approximate surface area is 176 Å². The topological polar surface area (TPSA) is 121 Å². The second-order valence-corrected chi connectivity index (χ2v) is 7.65. The third-order valence-corrected chi connectivity index (χ3v) is 5.82. The van der Waals surface area contributed by atoms with E-state index in [1.807, 2.05) is 0 Å². The normalized spacial score (nSPS) is 10.7. The molecule has 1 amide bonds. The van der Waals surface area contributed by atoms with Crippen molar-refractivity contribution in [3.8, 4) is 17.0 Å². The van der Waals surface area contributed by atoms with E-state index in [-0.39, 0.29) is 34.4 Å². The molecule has 0 unspecified atom stereocenters. The highest BCUT2D eigenvalue weighted by Gasteiger charge is 2.26. The first-order valence-corrected chi connectivity index (χ1v) is 10.0. The van der Waals surface area contributed by atoms with Crippen molar-refractivity contribution in [2.24, 2.45) is 0 Å². The molecule has 0 saturated carbocycles. The van der Waals surface area contributed by atoms with E-state index in [9.17, 15) is 19.5 Å². The Bertz CT molecular complexity index is 1150. The van der Waals surface area contributed by atoms with Crippen molar-refractivity contribution >= 4 is 34.0 Å². The molecule has 8 nitrogen and oxygen atoms in total. The zero-order valence-corrected chi connectivity index (χ0v) is 17.8. The molecule has 0 fully saturated rings. The van der Waals surface area contributed by atoms with E-state index in [4.69, 9.17) is 4.74 Å². The fraction of sp³-hybridized carbons (Fsp3) is 0.238. The number of anilines is 1. The maximum Gasteiger partial charge on any atom is 0.341 e. The SMILES string of the molecule is CCOC(=O)c1c(NC(=O)c2cc(-c3cccc(C)c3O)n[nH]2)sc(C(C)=O)c1C. The summed E-state index contributed by atoms with van der Waals surface area (Å²) in [5.41, 5.74) is 2.34. The Kier molecular flexibility index (Phi) is 6.02. The maximum absolute atomic E-state index is 12.8. The molecule has 0 aliphatic carbocycles. The summed E-state index contributed by atoms with van der Waals surface area (Å²) in [5.74, 6) is -1.27. The number of carbonyl (C=O) groups is 3. The van der Waals surface area contributed by atoms with Gasteiger partial charge in [-0.05, 0) is 51.0 Å². The Morgan fingerprint density at radius 1 is 1.27 bits per heavy atom. The molecule has 0 atom stereocenters. The lowest BCUT2D eigenvalue weighted by Gasteiger charge is -2.06. The summed E-state index contributed by atoms with van der Waals surface area (Å²) in [5, 5.41) is 19.9. The monoisotopic (exact) mass is 427 g/mol. The van der Waals surface area contributed by atoms with Gasteiger partial charge in [0.15, 0.2) is 5.78 Å². The lowest BCUT2D eigenvalue weighted by molar-refractivity contribution is 0.0527. The number of amides is 1. The highest BCUT2D eigenvalue weighted by molar-refractivity contribution is 7.18. The van der Waals surface area contributed by atoms with Crippen molar-refractivity contribution < 1.29 is 24.2 Å². The number of phenolic OH excluding ortho intramolecular Hbond substituents is 1. The molecular weight excluding hydrogens is 406 g/mol.